The normalized spacial score (nSPS) is 17.4. The number of nitrogens with one attached hydrogen (secondary N) is 1. The molecule has 5 nitrogen and oxygen atoms in total. The number of benzene rings is 1. The Morgan fingerprint density at radius 3 is 2.89 bits per heavy atom. The lowest BCUT2D eigenvalue weighted by Crippen LogP contribution is -2.19. The summed E-state index contributed by atoms with van der Waals surface area (Å²) in [6, 6.07) is 10.6. The number of aryl methyl sites for hydroxylation is 2. The summed E-state index contributed by atoms with van der Waals surface area (Å²) in [5.74, 6) is 0.169. The number of anilines is 2. The van der Waals surface area contributed by atoms with Gasteiger partial charge in [0.2, 0.25) is 0 Å². The number of hydrogen-bond acceptors (Lipinski definition) is 4. The van der Waals surface area contributed by atoms with Crippen LogP contribution in [0.1, 0.15) is 29.3 Å². The fourth-order valence-electron chi connectivity index (χ4n) is 3.74. The zero-order chi connectivity index (χ0) is 18.8. The average molecular weight is 365 g/mol. The van der Waals surface area contributed by atoms with E-state index in [0.29, 0.717) is 5.92 Å². The number of likely N-dealkylation sites (tertiary alicyclic amines) is 1. The highest BCUT2D eigenvalue weighted by atomic mass is 19.1. The standard InChI is InChI=1S/C21H24FN5/c1-15-8-20(25-19-5-3-4-18(22)9-19)10-21(24-15)17-6-7-27(14-17)13-16-11-23-26(2)12-16/h3-5,8-12,17H,6-7,13-14H2,1-2H3,(H,24,25). The first-order chi connectivity index (χ1) is 13.0. The highest BCUT2D eigenvalue weighted by molar-refractivity contribution is 5.60. The van der Waals surface area contributed by atoms with E-state index < -0.39 is 0 Å². The molecule has 140 valence electrons. The topological polar surface area (TPSA) is 46.0 Å². The SMILES string of the molecule is Cc1cc(Nc2cccc(F)c2)cc(C2CCN(Cc3cnn(C)c3)C2)n1. The number of aromatic nitrogens is 3. The van der Waals surface area contributed by atoms with Gasteiger partial charge in [-0.25, -0.2) is 4.39 Å². The lowest BCUT2D eigenvalue weighted by molar-refractivity contribution is 0.326. The van der Waals surface area contributed by atoms with Crippen molar-refractivity contribution in [3.8, 4) is 0 Å². The van der Waals surface area contributed by atoms with Gasteiger partial charge in [0.25, 0.3) is 0 Å². The van der Waals surface area contributed by atoms with E-state index in [1.54, 1.807) is 6.07 Å². The van der Waals surface area contributed by atoms with Gasteiger partial charge < -0.3 is 5.32 Å². The van der Waals surface area contributed by atoms with Crippen molar-refractivity contribution in [2.75, 3.05) is 18.4 Å². The molecule has 0 radical (unpaired) electrons. The van der Waals surface area contributed by atoms with E-state index in [9.17, 15) is 4.39 Å². The maximum absolute atomic E-state index is 13.4. The van der Waals surface area contributed by atoms with Crippen LogP contribution in [-0.4, -0.2) is 32.8 Å². The summed E-state index contributed by atoms with van der Waals surface area (Å²) in [6.45, 7) is 4.97. The van der Waals surface area contributed by atoms with E-state index in [2.05, 4.69) is 27.6 Å². The second-order valence-corrected chi connectivity index (χ2v) is 7.30. The Hall–Kier alpha value is -2.73. The van der Waals surface area contributed by atoms with Crippen LogP contribution >= 0.6 is 0 Å². The van der Waals surface area contributed by atoms with Gasteiger partial charge in [-0.3, -0.25) is 14.6 Å². The lowest BCUT2D eigenvalue weighted by atomic mass is 10.0. The van der Waals surface area contributed by atoms with Crippen molar-refractivity contribution < 1.29 is 4.39 Å². The van der Waals surface area contributed by atoms with Gasteiger partial charge in [-0.2, -0.15) is 5.10 Å². The Kier molecular flexibility index (Phi) is 4.90. The highest BCUT2D eigenvalue weighted by Gasteiger charge is 2.25. The molecule has 4 rings (SSSR count). The van der Waals surface area contributed by atoms with E-state index in [1.165, 1.54) is 17.7 Å². The molecule has 0 spiro atoms. The smallest absolute Gasteiger partial charge is 0.125 e. The fraction of sp³-hybridized carbons (Fsp3) is 0.333. The van der Waals surface area contributed by atoms with Gasteiger partial charge >= 0.3 is 0 Å². The molecule has 1 unspecified atom stereocenters. The molecule has 1 fully saturated rings. The van der Waals surface area contributed by atoms with Gasteiger partial charge in [-0.1, -0.05) is 6.07 Å². The Balaban J connectivity index is 1.46. The largest absolute Gasteiger partial charge is 0.355 e. The fourth-order valence-corrected chi connectivity index (χ4v) is 3.74. The van der Waals surface area contributed by atoms with Crippen LogP contribution in [0.2, 0.25) is 0 Å². The minimum Gasteiger partial charge on any atom is -0.355 e. The van der Waals surface area contributed by atoms with Crippen molar-refractivity contribution in [3.05, 3.63) is 71.6 Å². The Morgan fingerprint density at radius 1 is 1.22 bits per heavy atom. The molecule has 2 aromatic heterocycles. The van der Waals surface area contributed by atoms with Crippen molar-refractivity contribution in [1.82, 2.24) is 19.7 Å². The third kappa shape index (κ3) is 4.34. The first-order valence-electron chi connectivity index (χ1n) is 9.26. The van der Waals surface area contributed by atoms with Crippen LogP contribution in [-0.2, 0) is 13.6 Å². The third-order valence-corrected chi connectivity index (χ3v) is 4.94. The van der Waals surface area contributed by atoms with Crippen LogP contribution < -0.4 is 5.32 Å². The number of rotatable bonds is 5. The van der Waals surface area contributed by atoms with Gasteiger partial charge in [-0.15, -0.1) is 0 Å². The molecule has 6 heteroatoms. The van der Waals surface area contributed by atoms with Crippen molar-refractivity contribution in [3.63, 3.8) is 0 Å². The molecular weight excluding hydrogens is 341 g/mol. The summed E-state index contributed by atoms with van der Waals surface area (Å²) in [5, 5.41) is 7.55. The molecular formula is C21H24FN5. The van der Waals surface area contributed by atoms with Crippen molar-refractivity contribution >= 4 is 11.4 Å². The van der Waals surface area contributed by atoms with Crippen molar-refractivity contribution in [2.45, 2.75) is 25.8 Å². The number of pyridine rings is 1. The summed E-state index contributed by atoms with van der Waals surface area (Å²) in [7, 11) is 1.94. The van der Waals surface area contributed by atoms with Crippen LogP contribution in [0.5, 0.6) is 0 Å². The second-order valence-electron chi connectivity index (χ2n) is 7.30. The Morgan fingerprint density at radius 2 is 2.11 bits per heavy atom. The summed E-state index contributed by atoms with van der Waals surface area (Å²) in [5.41, 5.74) is 5.01. The molecule has 1 N–H and O–H groups in total. The van der Waals surface area contributed by atoms with Gasteiger partial charge in [0.1, 0.15) is 5.82 Å². The molecule has 3 aromatic rings. The molecule has 1 aliphatic heterocycles. The van der Waals surface area contributed by atoms with Crippen LogP contribution in [0, 0.1) is 12.7 Å². The Labute approximate surface area is 158 Å². The molecule has 1 saturated heterocycles. The monoisotopic (exact) mass is 365 g/mol. The van der Waals surface area contributed by atoms with Crippen molar-refractivity contribution in [1.29, 1.82) is 0 Å². The van der Waals surface area contributed by atoms with E-state index in [1.807, 2.05) is 37.0 Å². The van der Waals surface area contributed by atoms with E-state index in [0.717, 1.165) is 48.8 Å². The molecule has 3 heterocycles. The quantitative estimate of drug-likeness (QED) is 0.742. The van der Waals surface area contributed by atoms with Gasteiger partial charge in [-0.05, 0) is 50.2 Å². The maximum atomic E-state index is 13.4. The molecule has 27 heavy (non-hydrogen) atoms. The summed E-state index contributed by atoms with van der Waals surface area (Å²) in [4.78, 5) is 7.21. The molecule has 0 bridgehead atoms. The second kappa shape index (κ2) is 7.48. The van der Waals surface area contributed by atoms with Gasteiger partial charge in [0, 0.05) is 60.6 Å². The lowest BCUT2D eigenvalue weighted by Gasteiger charge is -2.16. The average Bonchev–Trinajstić information content (AvgIpc) is 3.24. The summed E-state index contributed by atoms with van der Waals surface area (Å²) < 4.78 is 15.3. The molecule has 1 atom stereocenters. The van der Waals surface area contributed by atoms with Crippen LogP contribution in [0.25, 0.3) is 0 Å². The maximum Gasteiger partial charge on any atom is 0.125 e. The molecule has 0 amide bonds. The summed E-state index contributed by atoms with van der Waals surface area (Å²) in [6.07, 6.45) is 5.09. The molecule has 1 aromatic carbocycles. The highest BCUT2D eigenvalue weighted by Crippen LogP contribution is 2.29. The molecule has 1 aliphatic rings. The first kappa shape index (κ1) is 17.7. The number of hydrogen-bond donors (Lipinski definition) is 1. The number of halogens is 1. The van der Waals surface area contributed by atoms with Gasteiger partial charge in [0.05, 0.1) is 6.20 Å². The zero-order valence-electron chi connectivity index (χ0n) is 15.7. The summed E-state index contributed by atoms with van der Waals surface area (Å²) >= 11 is 0. The van der Waals surface area contributed by atoms with Crippen LogP contribution in [0.15, 0.2) is 48.8 Å². The van der Waals surface area contributed by atoms with E-state index in [4.69, 9.17) is 4.98 Å². The minimum absolute atomic E-state index is 0.243. The number of nitrogens with zero attached hydrogens (tertiary/aromatic N) is 4. The molecule has 0 saturated carbocycles. The first-order valence-corrected chi connectivity index (χ1v) is 9.26. The zero-order valence-corrected chi connectivity index (χ0v) is 15.7. The molecule has 0 aliphatic carbocycles. The van der Waals surface area contributed by atoms with Gasteiger partial charge in [0.15, 0.2) is 0 Å². The Bertz CT molecular complexity index is 936. The van der Waals surface area contributed by atoms with Crippen molar-refractivity contribution in [2.24, 2.45) is 7.05 Å². The van der Waals surface area contributed by atoms with Crippen LogP contribution in [0.3, 0.4) is 0 Å². The minimum atomic E-state index is -0.243. The predicted molar refractivity (Wildman–Crippen MR) is 104 cm³/mol. The van der Waals surface area contributed by atoms with E-state index in [-0.39, 0.29) is 5.82 Å². The predicted octanol–water partition coefficient (Wildman–Crippen LogP) is 4.00. The third-order valence-electron chi connectivity index (χ3n) is 4.94. The van der Waals surface area contributed by atoms with E-state index >= 15 is 0 Å². The van der Waals surface area contributed by atoms with Crippen LogP contribution in [0.4, 0.5) is 15.8 Å².